The second-order valence-electron chi connectivity index (χ2n) is 8.66. The molecule has 3 atom stereocenters. The molecule has 2 aromatic carbocycles. The maximum atomic E-state index is 9.24. The molecule has 3 aliphatic rings. The predicted octanol–water partition coefficient (Wildman–Crippen LogP) is 7.19. The molecule has 4 heteroatoms. The molecule has 0 saturated heterocycles. The summed E-state index contributed by atoms with van der Waals surface area (Å²) < 4.78 is 0. The quantitative estimate of drug-likeness (QED) is 0.417. The van der Waals surface area contributed by atoms with Gasteiger partial charge in [-0.05, 0) is 54.0 Å². The van der Waals surface area contributed by atoms with E-state index >= 15 is 0 Å². The van der Waals surface area contributed by atoms with Gasteiger partial charge in [0.15, 0.2) is 0 Å². The smallest absolute Gasteiger partial charge is 0.140 e. The van der Waals surface area contributed by atoms with Gasteiger partial charge in [-0.1, -0.05) is 72.9 Å². The van der Waals surface area contributed by atoms with Gasteiger partial charge in [-0.3, -0.25) is 0 Å². The second kappa shape index (κ2) is 8.85. The van der Waals surface area contributed by atoms with Gasteiger partial charge in [0.05, 0.1) is 17.0 Å². The number of nitrogens with zero attached hydrogens (tertiary/aromatic N) is 3. The lowest BCUT2D eigenvalue weighted by Gasteiger charge is -2.42. The normalized spacial score (nSPS) is 22.5. The number of benzene rings is 2. The van der Waals surface area contributed by atoms with Crippen LogP contribution in [0.4, 0.5) is 11.4 Å². The summed E-state index contributed by atoms with van der Waals surface area (Å²) in [5, 5.41) is 9.63. The van der Waals surface area contributed by atoms with Crippen LogP contribution in [-0.2, 0) is 0 Å². The van der Waals surface area contributed by atoms with E-state index in [1.54, 1.807) is 6.07 Å². The minimum Gasteiger partial charge on any atom is -0.332 e. The third-order valence-electron chi connectivity index (χ3n) is 6.53. The summed E-state index contributed by atoms with van der Waals surface area (Å²) in [7, 11) is 0. The van der Waals surface area contributed by atoms with E-state index in [9.17, 15) is 5.26 Å². The molecule has 34 heavy (non-hydrogen) atoms. The van der Waals surface area contributed by atoms with Crippen LogP contribution in [0.25, 0.3) is 5.57 Å². The molecule has 0 saturated carbocycles. The summed E-state index contributed by atoms with van der Waals surface area (Å²) in [6.45, 7) is 0. The van der Waals surface area contributed by atoms with Crippen molar-refractivity contribution < 1.29 is 0 Å². The average molecular weight is 458 g/mol. The molecule has 0 N–H and O–H groups in total. The Labute approximate surface area is 204 Å². The highest BCUT2D eigenvalue weighted by Gasteiger charge is 2.34. The fraction of sp³-hybridized carbons (Fsp3) is 0.133. The molecule has 1 aromatic heterocycles. The van der Waals surface area contributed by atoms with E-state index in [-0.39, 0.29) is 12.0 Å². The number of allylic oxidation sites excluding steroid dienone is 6. The van der Waals surface area contributed by atoms with Crippen molar-refractivity contribution in [1.29, 1.82) is 5.26 Å². The third-order valence-corrected chi connectivity index (χ3v) is 7.84. The molecule has 164 valence electrons. The Balaban J connectivity index is 1.38. The van der Waals surface area contributed by atoms with Crippen molar-refractivity contribution in [3.8, 4) is 6.07 Å². The van der Waals surface area contributed by atoms with E-state index in [2.05, 4.69) is 107 Å². The Morgan fingerprint density at radius 1 is 0.971 bits per heavy atom. The molecule has 0 spiro atoms. The van der Waals surface area contributed by atoms with Gasteiger partial charge in [-0.25, -0.2) is 4.98 Å². The number of thioether (sulfide) groups is 1. The predicted molar refractivity (Wildman–Crippen MR) is 140 cm³/mol. The molecule has 0 radical (unpaired) electrons. The molecule has 1 aliphatic heterocycles. The largest absolute Gasteiger partial charge is 0.332 e. The number of para-hydroxylation sites is 1. The monoisotopic (exact) mass is 457 g/mol. The summed E-state index contributed by atoms with van der Waals surface area (Å²) in [6, 6.07) is 25.7. The maximum Gasteiger partial charge on any atom is 0.140 e. The van der Waals surface area contributed by atoms with E-state index < -0.39 is 0 Å². The molecule has 3 aromatic rings. The number of pyridine rings is 1. The van der Waals surface area contributed by atoms with Crippen LogP contribution in [0.15, 0.2) is 114 Å². The molecular weight excluding hydrogens is 434 g/mol. The number of aromatic nitrogens is 1. The highest BCUT2D eigenvalue weighted by molar-refractivity contribution is 8.00. The Bertz CT molecular complexity index is 1410. The van der Waals surface area contributed by atoms with Gasteiger partial charge < -0.3 is 4.90 Å². The van der Waals surface area contributed by atoms with E-state index in [1.807, 2.05) is 23.9 Å². The summed E-state index contributed by atoms with van der Waals surface area (Å²) in [5.41, 5.74) is 6.25. The van der Waals surface area contributed by atoms with Crippen molar-refractivity contribution in [2.75, 3.05) is 4.90 Å². The Hall–Kier alpha value is -3.81. The Morgan fingerprint density at radius 2 is 1.85 bits per heavy atom. The Kier molecular flexibility index (Phi) is 5.41. The second-order valence-corrected chi connectivity index (χ2v) is 9.88. The van der Waals surface area contributed by atoms with Gasteiger partial charge in [0.2, 0.25) is 0 Å². The van der Waals surface area contributed by atoms with Gasteiger partial charge in [-0.15, -0.1) is 11.8 Å². The van der Waals surface area contributed by atoms with E-state index in [0.717, 1.165) is 12.1 Å². The lowest BCUT2D eigenvalue weighted by atomic mass is 9.89. The van der Waals surface area contributed by atoms with Crippen molar-refractivity contribution >= 4 is 28.7 Å². The van der Waals surface area contributed by atoms with Crippen LogP contribution in [-0.4, -0.2) is 16.3 Å². The maximum absolute atomic E-state index is 9.24. The first-order valence-electron chi connectivity index (χ1n) is 11.6. The van der Waals surface area contributed by atoms with Crippen LogP contribution in [0, 0.1) is 11.3 Å². The highest BCUT2D eigenvalue weighted by Crippen LogP contribution is 2.47. The van der Waals surface area contributed by atoms with E-state index in [1.165, 1.54) is 27.4 Å². The minimum absolute atomic E-state index is 0.167. The number of hydrogen-bond acceptors (Lipinski definition) is 4. The van der Waals surface area contributed by atoms with E-state index in [0.29, 0.717) is 10.9 Å². The van der Waals surface area contributed by atoms with Crippen LogP contribution in [0.3, 0.4) is 0 Å². The molecule has 0 fully saturated rings. The zero-order valence-electron chi connectivity index (χ0n) is 18.6. The zero-order valence-corrected chi connectivity index (χ0v) is 19.4. The number of fused-ring (bicyclic) bond motifs is 2. The summed E-state index contributed by atoms with van der Waals surface area (Å²) in [6.07, 6.45) is 16.5. The third kappa shape index (κ3) is 3.79. The molecule has 0 amide bonds. The lowest BCUT2D eigenvalue weighted by molar-refractivity contribution is 0.778. The van der Waals surface area contributed by atoms with Crippen molar-refractivity contribution in [2.24, 2.45) is 0 Å². The van der Waals surface area contributed by atoms with Crippen molar-refractivity contribution in [3.63, 3.8) is 0 Å². The van der Waals surface area contributed by atoms with Gasteiger partial charge in [0.25, 0.3) is 0 Å². The van der Waals surface area contributed by atoms with Gasteiger partial charge in [0, 0.05) is 22.2 Å². The fourth-order valence-electron chi connectivity index (χ4n) is 4.93. The summed E-state index contributed by atoms with van der Waals surface area (Å²) in [5.74, 6) is 0.167. The van der Waals surface area contributed by atoms with Crippen LogP contribution < -0.4 is 4.90 Å². The van der Waals surface area contributed by atoms with Crippen LogP contribution in [0.5, 0.6) is 0 Å². The van der Waals surface area contributed by atoms with Crippen LogP contribution >= 0.6 is 11.8 Å². The molecule has 2 aliphatic carbocycles. The highest BCUT2D eigenvalue weighted by atomic mass is 32.2. The first kappa shape index (κ1) is 20.8. The number of hydrogen-bond donors (Lipinski definition) is 0. The molecular formula is C30H23N3S. The summed E-state index contributed by atoms with van der Waals surface area (Å²) >= 11 is 1.94. The SMILES string of the molecule is N#Cc1cccc(C2C=C(c3cccc(N4c5ccccc5SC5C=CC=CC54)c3)C=CC2)n1. The van der Waals surface area contributed by atoms with Gasteiger partial charge in [0.1, 0.15) is 11.8 Å². The average Bonchev–Trinajstić information content (AvgIpc) is 2.92. The van der Waals surface area contributed by atoms with Gasteiger partial charge in [-0.2, -0.15) is 5.26 Å². The lowest BCUT2D eigenvalue weighted by Crippen LogP contribution is -2.41. The molecule has 6 rings (SSSR count). The number of anilines is 2. The summed E-state index contributed by atoms with van der Waals surface area (Å²) in [4.78, 5) is 8.33. The molecule has 2 heterocycles. The topological polar surface area (TPSA) is 39.9 Å². The molecule has 0 bridgehead atoms. The van der Waals surface area contributed by atoms with E-state index in [4.69, 9.17) is 0 Å². The minimum atomic E-state index is 0.167. The van der Waals surface area contributed by atoms with Gasteiger partial charge >= 0.3 is 0 Å². The first-order valence-corrected chi connectivity index (χ1v) is 12.4. The zero-order chi connectivity index (χ0) is 22.9. The van der Waals surface area contributed by atoms with Crippen molar-refractivity contribution in [1.82, 2.24) is 4.98 Å². The fourth-order valence-corrected chi connectivity index (χ4v) is 6.19. The van der Waals surface area contributed by atoms with Crippen LogP contribution in [0.2, 0.25) is 0 Å². The number of nitriles is 1. The molecule has 3 nitrogen and oxygen atoms in total. The Morgan fingerprint density at radius 3 is 2.79 bits per heavy atom. The molecule has 3 unspecified atom stereocenters. The first-order chi connectivity index (χ1) is 16.8. The van der Waals surface area contributed by atoms with Crippen LogP contribution in [0.1, 0.15) is 29.3 Å². The number of rotatable bonds is 3. The van der Waals surface area contributed by atoms with Crippen molar-refractivity contribution in [3.05, 3.63) is 126 Å². The van der Waals surface area contributed by atoms with Crippen molar-refractivity contribution in [2.45, 2.75) is 28.5 Å². The standard InChI is InChI=1S/C30H23N3S/c31-20-24-11-7-13-26(32-24)23-10-5-8-21(18-23)22-9-6-12-25(19-22)33-27-14-1-3-16-29(27)34-30-17-4-2-15-28(30)33/h1-9,11-19,23,27,29H,10H2.